The standard InChI is InChI=1S/C45H44N4O3/c1-2-13-37(42(46)50)39(27-30-14-6-7-15-30)44(51)48-43-45(52)49(40-23-11-10-22-38(40)41(47-43)33-18-4-3-5-19-33)29-31-16-12-21-34(26-31)36-25-24-32-17-8-9-20-35(32)28-36/h2-5,8-12,16-26,28,30,37,39,43H,1,6-7,13-15,27,29H2,(H2,46,50)(H,48,51)/t37-,39+,43?/m0/s1. The van der Waals surface area contributed by atoms with Gasteiger partial charge in [-0.1, -0.05) is 135 Å². The van der Waals surface area contributed by atoms with Crippen molar-refractivity contribution in [2.24, 2.45) is 28.5 Å². The van der Waals surface area contributed by atoms with Gasteiger partial charge in [-0.25, -0.2) is 4.99 Å². The highest BCUT2D eigenvalue weighted by molar-refractivity contribution is 6.20. The second kappa shape index (κ2) is 15.6. The predicted octanol–water partition coefficient (Wildman–Crippen LogP) is 8.21. The Morgan fingerprint density at radius 2 is 1.50 bits per heavy atom. The zero-order chi connectivity index (χ0) is 36.0. The van der Waals surface area contributed by atoms with E-state index in [1.807, 2.05) is 78.9 Å². The summed E-state index contributed by atoms with van der Waals surface area (Å²) < 4.78 is 0. The highest BCUT2D eigenvalue weighted by atomic mass is 16.2. The smallest absolute Gasteiger partial charge is 0.272 e. The minimum absolute atomic E-state index is 0.257. The Balaban J connectivity index is 1.26. The maximum Gasteiger partial charge on any atom is 0.272 e. The number of nitrogens with zero attached hydrogens (tertiary/aromatic N) is 2. The molecule has 0 spiro atoms. The molecule has 52 heavy (non-hydrogen) atoms. The first kappa shape index (κ1) is 34.6. The first-order valence-corrected chi connectivity index (χ1v) is 18.2. The van der Waals surface area contributed by atoms with E-state index in [-0.39, 0.29) is 18.9 Å². The lowest BCUT2D eigenvalue weighted by Gasteiger charge is -2.29. The van der Waals surface area contributed by atoms with E-state index in [1.165, 1.54) is 5.39 Å². The summed E-state index contributed by atoms with van der Waals surface area (Å²) in [6.07, 6.45) is 5.41. The van der Waals surface area contributed by atoms with Gasteiger partial charge in [-0.15, -0.1) is 6.58 Å². The SMILES string of the molecule is C=CC[C@H](C(N)=O)[C@@H](CC1CCCC1)C(=O)NC1N=C(c2ccccc2)c2ccccc2N(Cc2cccc(-c3ccc4ccccc4c3)c2)C1=O. The van der Waals surface area contributed by atoms with Crippen molar-refractivity contribution in [3.8, 4) is 11.1 Å². The van der Waals surface area contributed by atoms with Crippen LogP contribution in [0.2, 0.25) is 0 Å². The molecule has 3 atom stereocenters. The number of rotatable bonds is 12. The number of primary amides is 1. The average Bonchev–Trinajstić information content (AvgIpc) is 3.67. The number of benzodiazepines with no additional fused rings is 1. The van der Waals surface area contributed by atoms with E-state index >= 15 is 0 Å². The van der Waals surface area contributed by atoms with E-state index < -0.39 is 29.8 Å². The minimum atomic E-state index is -1.23. The molecule has 7 nitrogen and oxygen atoms in total. The van der Waals surface area contributed by atoms with E-state index in [2.05, 4.69) is 54.4 Å². The molecule has 7 heteroatoms. The molecule has 262 valence electrons. The predicted molar refractivity (Wildman–Crippen MR) is 209 cm³/mol. The number of anilines is 1. The zero-order valence-corrected chi connectivity index (χ0v) is 29.3. The highest BCUT2D eigenvalue weighted by Gasteiger charge is 2.38. The summed E-state index contributed by atoms with van der Waals surface area (Å²) in [5, 5.41) is 5.35. The van der Waals surface area contributed by atoms with Crippen LogP contribution >= 0.6 is 0 Å². The van der Waals surface area contributed by atoms with Crippen molar-refractivity contribution in [1.29, 1.82) is 0 Å². The third kappa shape index (κ3) is 7.45. The molecule has 0 bridgehead atoms. The molecule has 3 N–H and O–H groups in total. The number of nitrogens with two attached hydrogens (primary N) is 1. The highest BCUT2D eigenvalue weighted by Crippen LogP contribution is 2.35. The van der Waals surface area contributed by atoms with Gasteiger partial charge in [-0.2, -0.15) is 0 Å². The second-order valence-electron chi connectivity index (χ2n) is 14.0. The molecule has 1 unspecified atom stereocenters. The lowest BCUT2D eigenvalue weighted by molar-refractivity contribution is -0.135. The number of carbonyl (C=O) groups excluding carboxylic acids is 3. The summed E-state index contributed by atoms with van der Waals surface area (Å²) >= 11 is 0. The molecule has 5 aromatic carbocycles. The van der Waals surface area contributed by atoms with Gasteiger partial charge in [0.1, 0.15) is 0 Å². The molecule has 0 aromatic heterocycles. The molecule has 0 radical (unpaired) electrons. The summed E-state index contributed by atoms with van der Waals surface area (Å²) in [6, 6.07) is 40.4. The van der Waals surface area contributed by atoms with E-state index in [9.17, 15) is 14.4 Å². The van der Waals surface area contributed by atoms with E-state index in [0.29, 0.717) is 23.7 Å². The summed E-state index contributed by atoms with van der Waals surface area (Å²) in [5.74, 6) is -2.43. The maximum absolute atomic E-state index is 14.8. The van der Waals surface area contributed by atoms with E-state index in [1.54, 1.807) is 11.0 Å². The van der Waals surface area contributed by atoms with Crippen LogP contribution < -0.4 is 16.0 Å². The van der Waals surface area contributed by atoms with Crippen molar-refractivity contribution in [2.75, 3.05) is 4.90 Å². The minimum Gasteiger partial charge on any atom is -0.369 e. The number of para-hydroxylation sites is 1. The number of fused-ring (bicyclic) bond motifs is 2. The van der Waals surface area contributed by atoms with Crippen molar-refractivity contribution in [3.63, 3.8) is 0 Å². The second-order valence-corrected chi connectivity index (χ2v) is 14.0. The van der Waals surface area contributed by atoms with Crippen LogP contribution in [0.5, 0.6) is 0 Å². The van der Waals surface area contributed by atoms with Gasteiger partial charge in [-0.3, -0.25) is 14.4 Å². The molecular weight excluding hydrogens is 645 g/mol. The maximum atomic E-state index is 14.8. The number of amides is 3. The quantitative estimate of drug-likeness (QED) is 0.129. The summed E-state index contributed by atoms with van der Waals surface area (Å²) in [6.45, 7) is 4.09. The molecule has 2 aliphatic rings. The van der Waals surface area contributed by atoms with Crippen LogP contribution in [0, 0.1) is 17.8 Å². The molecule has 7 rings (SSSR count). The largest absolute Gasteiger partial charge is 0.369 e. The number of nitrogens with one attached hydrogen (secondary N) is 1. The Kier molecular flexibility index (Phi) is 10.4. The Morgan fingerprint density at radius 1 is 0.808 bits per heavy atom. The van der Waals surface area contributed by atoms with Crippen LogP contribution in [-0.4, -0.2) is 29.6 Å². The van der Waals surface area contributed by atoms with Crippen LogP contribution in [0.4, 0.5) is 5.69 Å². The fraction of sp³-hybridized carbons (Fsp3) is 0.244. The van der Waals surface area contributed by atoms with Gasteiger partial charge in [0.25, 0.3) is 5.91 Å². The number of carbonyl (C=O) groups is 3. The van der Waals surface area contributed by atoms with E-state index in [0.717, 1.165) is 58.9 Å². The fourth-order valence-electron chi connectivity index (χ4n) is 7.87. The molecule has 3 amide bonds. The van der Waals surface area contributed by atoms with Crippen molar-refractivity contribution in [3.05, 3.63) is 151 Å². The molecule has 5 aromatic rings. The first-order chi connectivity index (χ1) is 25.4. The van der Waals surface area contributed by atoms with Crippen LogP contribution in [0.1, 0.15) is 55.2 Å². The molecule has 1 aliphatic carbocycles. The topological polar surface area (TPSA) is 105 Å². The third-order valence-electron chi connectivity index (χ3n) is 10.6. The van der Waals surface area contributed by atoms with Gasteiger partial charge in [0, 0.05) is 11.1 Å². The van der Waals surface area contributed by atoms with Crippen molar-refractivity contribution in [1.82, 2.24) is 5.32 Å². The average molecular weight is 689 g/mol. The summed E-state index contributed by atoms with van der Waals surface area (Å²) in [5.41, 5.74) is 11.9. The van der Waals surface area contributed by atoms with Gasteiger partial charge >= 0.3 is 0 Å². The molecule has 1 fully saturated rings. The Labute approximate surface area is 305 Å². The normalized spacial score (nSPS) is 17.2. The molecular formula is C45H44N4O3. The number of hydrogen-bond donors (Lipinski definition) is 2. The van der Waals surface area contributed by atoms with Gasteiger partial charge in [-0.05, 0) is 64.4 Å². The van der Waals surface area contributed by atoms with Crippen molar-refractivity contribution in [2.45, 2.75) is 51.2 Å². The zero-order valence-electron chi connectivity index (χ0n) is 29.3. The Hall–Kier alpha value is -5.82. The van der Waals surface area contributed by atoms with Crippen molar-refractivity contribution < 1.29 is 14.4 Å². The van der Waals surface area contributed by atoms with Crippen LogP contribution in [-0.2, 0) is 20.9 Å². The molecule has 1 aliphatic heterocycles. The summed E-state index contributed by atoms with van der Waals surface area (Å²) in [4.78, 5) is 48.7. The number of allylic oxidation sites excluding steroid dienone is 1. The summed E-state index contributed by atoms with van der Waals surface area (Å²) in [7, 11) is 0. The van der Waals surface area contributed by atoms with Gasteiger partial charge in [0.05, 0.1) is 29.8 Å². The van der Waals surface area contributed by atoms with Gasteiger partial charge < -0.3 is 16.0 Å². The molecule has 1 saturated carbocycles. The fourth-order valence-corrected chi connectivity index (χ4v) is 7.87. The monoisotopic (exact) mass is 688 g/mol. The lowest BCUT2D eigenvalue weighted by Crippen LogP contribution is -2.50. The van der Waals surface area contributed by atoms with Gasteiger partial charge in [0.15, 0.2) is 0 Å². The number of benzene rings is 5. The van der Waals surface area contributed by atoms with Gasteiger partial charge in [0.2, 0.25) is 18.0 Å². The number of hydrogen-bond acceptors (Lipinski definition) is 4. The Morgan fingerprint density at radius 3 is 2.27 bits per heavy atom. The van der Waals surface area contributed by atoms with Crippen molar-refractivity contribution >= 4 is 39.9 Å². The lowest BCUT2D eigenvalue weighted by atomic mass is 9.80. The van der Waals surface area contributed by atoms with Crippen LogP contribution in [0.25, 0.3) is 21.9 Å². The van der Waals surface area contributed by atoms with Crippen LogP contribution in [0.15, 0.2) is 139 Å². The number of aliphatic imine (C=N–C) groups is 1. The third-order valence-corrected chi connectivity index (χ3v) is 10.6. The first-order valence-electron chi connectivity index (χ1n) is 18.2. The Bertz CT molecular complexity index is 2140. The van der Waals surface area contributed by atoms with E-state index in [4.69, 9.17) is 10.7 Å². The molecule has 1 heterocycles. The molecule has 0 saturated heterocycles. The van der Waals surface area contributed by atoms with Crippen LogP contribution in [0.3, 0.4) is 0 Å².